The van der Waals surface area contributed by atoms with E-state index >= 15 is 0 Å². The van der Waals surface area contributed by atoms with Gasteiger partial charge in [0.1, 0.15) is 5.82 Å². The lowest BCUT2D eigenvalue weighted by Gasteiger charge is -2.04. The molecule has 0 aliphatic heterocycles. The average molecular weight is 231 g/mol. The van der Waals surface area contributed by atoms with Crippen molar-refractivity contribution in [2.45, 2.75) is 26.2 Å². The summed E-state index contributed by atoms with van der Waals surface area (Å²) >= 11 is 1.71. The van der Waals surface area contributed by atoms with E-state index in [0.29, 0.717) is 5.82 Å². The van der Waals surface area contributed by atoms with E-state index in [1.807, 2.05) is 0 Å². The molecule has 0 fully saturated rings. The smallest absolute Gasteiger partial charge is 0.171 e. The summed E-state index contributed by atoms with van der Waals surface area (Å²) in [6, 6.07) is 4.16. The first-order valence-electron chi connectivity index (χ1n) is 5.46. The molecule has 0 saturated carbocycles. The molecule has 16 heavy (non-hydrogen) atoms. The predicted octanol–water partition coefficient (Wildman–Crippen LogP) is 2.58. The fourth-order valence-corrected chi connectivity index (χ4v) is 2.93. The Balaban J connectivity index is 2.12. The third-order valence-electron chi connectivity index (χ3n) is 2.93. The quantitative estimate of drug-likeness (QED) is 0.820. The SMILES string of the molecule is Cc1ccc(-c2nc(N)c3c(n2)CCC3)s1. The van der Waals surface area contributed by atoms with E-state index in [-0.39, 0.29) is 0 Å². The maximum absolute atomic E-state index is 5.97. The fraction of sp³-hybridized carbons (Fsp3) is 0.333. The molecule has 3 nitrogen and oxygen atoms in total. The molecule has 0 spiro atoms. The topological polar surface area (TPSA) is 51.8 Å². The first kappa shape index (κ1) is 9.78. The van der Waals surface area contributed by atoms with Crippen LogP contribution in [0.4, 0.5) is 5.82 Å². The monoisotopic (exact) mass is 231 g/mol. The highest BCUT2D eigenvalue weighted by Crippen LogP contribution is 2.30. The van der Waals surface area contributed by atoms with E-state index in [4.69, 9.17) is 5.73 Å². The summed E-state index contributed by atoms with van der Waals surface area (Å²) < 4.78 is 0. The maximum atomic E-state index is 5.97. The van der Waals surface area contributed by atoms with Gasteiger partial charge in [0, 0.05) is 16.1 Å². The molecule has 82 valence electrons. The number of anilines is 1. The number of nitrogens with zero attached hydrogens (tertiary/aromatic N) is 2. The van der Waals surface area contributed by atoms with Crippen molar-refractivity contribution in [2.75, 3.05) is 5.73 Å². The van der Waals surface area contributed by atoms with Crippen LogP contribution in [0.15, 0.2) is 12.1 Å². The molecule has 2 aromatic heterocycles. The molecule has 2 aromatic rings. The zero-order valence-electron chi connectivity index (χ0n) is 9.16. The molecule has 1 aliphatic carbocycles. The van der Waals surface area contributed by atoms with Crippen LogP contribution in [0.5, 0.6) is 0 Å². The van der Waals surface area contributed by atoms with Crippen LogP contribution >= 0.6 is 11.3 Å². The van der Waals surface area contributed by atoms with Gasteiger partial charge in [-0.1, -0.05) is 0 Å². The van der Waals surface area contributed by atoms with E-state index in [2.05, 4.69) is 29.0 Å². The normalized spacial score (nSPS) is 14.1. The number of fused-ring (bicyclic) bond motifs is 1. The summed E-state index contributed by atoms with van der Waals surface area (Å²) in [7, 11) is 0. The summed E-state index contributed by atoms with van der Waals surface area (Å²) in [6.07, 6.45) is 3.23. The van der Waals surface area contributed by atoms with E-state index in [0.717, 1.165) is 41.2 Å². The lowest BCUT2D eigenvalue weighted by atomic mass is 10.2. The molecular weight excluding hydrogens is 218 g/mol. The highest BCUT2D eigenvalue weighted by molar-refractivity contribution is 7.15. The van der Waals surface area contributed by atoms with Crippen molar-refractivity contribution in [3.63, 3.8) is 0 Å². The molecule has 1 aliphatic rings. The zero-order chi connectivity index (χ0) is 11.1. The van der Waals surface area contributed by atoms with Gasteiger partial charge in [-0.15, -0.1) is 11.3 Å². The second-order valence-corrected chi connectivity index (χ2v) is 5.41. The third-order valence-corrected chi connectivity index (χ3v) is 3.92. The van der Waals surface area contributed by atoms with Crippen LogP contribution in [0, 0.1) is 6.92 Å². The van der Waals surface area contributed by atoms with Crippen molar-refractivity contribution >= 4 is 17.2 Å². The Morgan fingerprint density at radius 2 is 2.12 bits per heavy atom. The third kappa shape index (κ3) is 1.50. The van der Waals surface area contributed by atoms with Gasteiger partial charge in [0.15, 0.2) is 5.82 Å². The van der Waals surface area contributed by atoms with E-state index in [1.165, 1.54) is 4.88 Å². The molecule has 0 bridgehead atoms. The first-order valence-corrected chi connectivity index (χ1v) is 6.28. The Labute approximate surface area is 98.4 Å². The van der Waals surface area contributed by atoms with Gasteiger partial charge in [-0.05, 0) is 38.3 Å². The van der Waals surface area contributed by atoms with Crippen LogP contribution in [-0.4, -0.2) is 9.97 Å². The van der Waals surface area contributed by atoms with E-state index in [9.17, 15) is 0 Å². The lowest BCUT2D eigenvalue weighted by molar-refractivity contribution is 0.900. The summed E-state index contributed by atoms with van der Waals surface area (Å²) in [5, 5.41) is 0. The van der Waals surface area contributed by atoms with E-state index in [1.54, 1.807) is 11.3 Å². The molecule has 0 aromatic carbocycles. The number of hydrogen-bond donors (Lipinski definition) is 1. The Bertz CT molecular complexity index is 545. The van der Waals surface area contributed by atoms with Gasteiger partial charge in [0.25, 0.3) is 0 Å². The fourth-order valence-electron chi connectivity index (χ4n) is 2.13. The molecule has 0 saturated heterocycles. The van der Waals surface area contributed by atoms with Crippen LogP contribution in [0.3, 0.4) is 0 Å². The summed E-state index contributed by atoms with van der Waals surface area (Å²) in [4.78, 5) is 11.4. The van der Waals surface area contributed by atoms with Crippen LogP contribution in [0.2, 0.25) is 0 Å². The van der Waals surface area contributed by atoms with Crippen LogP contribution in [0.1, 0.15) is 22.6 Å². The Morgan fingerprint density at radius 1 is 1.25 bits per heavy atom. The second-order valence-electron chi connectivity index (χ2n) is 4.12. The Hall–Kier alpha value is -1.42. The van der Waals surface area contributed by atoms with Gasteiger partial charge in [-0.25, -0.2) is 9.97 Å². The van der Waals surface area contributed by atoms with Crippen molar-refractivity contribution in [1.82, 2.24) is 9.97 Å². The van der Waals surface area contributed by atoms with Crippen LogP contribution in [-0.2, 0) is 12.8 Å². The average Bonchev–Trinajstić information content (AvgIpc) is 2.85. The maximum Gasteiger partial charge on any atom is 0.171 e. The van der Waals surface area contributed by atoms with Crippen molar-refractivity contribution < 1.29 is 0 Å². The number of nitrogen functional groups attached to an aromatic ring is 1. The van der Waals surface area contributed by atoms with Crippen molar-refractivity contribution in [3.8, 4) is 10.7 Å². The van der Waals surface area contributed by atoms with Gasteiger partial charge >= 0.3 is 0 Å². The molecule has 3 rings (SSSR count). The Morgan fingerprint density at radius 3 is 2.88 bits per heavy atom. The number of thiophene rings is 1. The largest absolute Gasteiger partial charge is 0.383 e. The van der Waals surface area contributed by atoms with Gasteiger partial charge in [0.05, 0.1) is 4.88 Å². The van der Waals surface area contributed by atoms with Crippen LogP contribution < -0.4 is 5.73 Å². The molecule has 2 heterocycles. The number of aromatic nitrogens is 2. The summed E-state index contributed by atoms with van der Waals surface area (Å²) in [5.41, 5.74) is 8.28. The number of hydrogen-bond acceptors (Lipinski definition) is 4. The first-order chi connectivity index (χ1) is 7.74. The minimum absolute atomic E-state index is 0.670. The predicted molar refractivity (Wildman–Crippen MR) is 66.5 cm³/mol. The highest BCUT2D eigenvalue weighted by Gasteiger charge is 2.18. The van der Waals surface area contributed by atoms with Gasteiger partial charge in [-0.2, -0.15) is 0 Å². The summed E-state index contributed by atoms with van der Waals surface area (Å²) in [5.74, 6) is 1.46. The Kier molecular flexibility index (Phi) is 2.17. The number of aryl methyl sites for hydroxylation is 2. The number of nitrogens with two attached hydrogens (primary N) is 1. The number of rotatable bonds is 1. The molecule has 2 N–H and O–H groups in total. The second kappa shape index (κ2) is 3.56. The highest BCUT2D eigenvalue weighted by atomic mass is 32.1. The van der Waals surface area contributed by atoms with Gasteiger partial charge < -0.3 is 5.73 Å². The standard InChI is InChI=1S/C12H13N3S/c1-7-5-6-10(16-7)12-14-9-4-2-3-8(9)11(13)15-12/h5-6H,2-4H2,1H3,(H2,13,14,15). The molecule has 0 unspecified atom stereocenters. The van der Waals surface area contributed by atoms with Gasteiger partial charge in [-0.3, -0.25) is 0 Å². The summed E-state index contributed by atoms with van der Waals surface area (Å²) in [6.45, 7) is 2.09. The molecular formula is C12H13N3S. The van der Waals surface area contributed by atoms with E-state index < -0.39 is 0 Å². The minimum atomic E-state index is 0.670. The molecule has 0 atom stereocenters. The van der Waals surface area contributed by atoms with Gasteiger partial charge in [0.2, 0.25) is 0 Å². The van der Waals surface area contributed by atoms with Crippen molar-refractivity contribution in [2.24, 2.45) is 0 Å². The minimum Gasteiger partial charge on any atom is -0.383 e. The molecule has 0 amide bonds. The van der Waals surface area contributed by atoms with Crippen molar-refractivity contribution in [3.05, 3.63) is 28.3 Å². The van der Waals surface area contributed by atoms with Crippen molar-refractivity contribution in [1.29, 1.82) is 0 Å². The lowest BCUT2D eigenvalue weighted by Crippen LogP contribution is -2.02. The molecule has 4 heteroatoms. The zero-order valence-corrected chi connectivity index (χ0v) is 9.97. The molecule has 0 radical (unpaired) electrons. The van der Waals surface area contributed by atoms with Crippen LogP contribution in [0.25, 0.3) is 10.7 Å².